The summed E-state index contributed by atoms with van der Waals surface area (Å²) in [6.45, 7) is 6.57. The molecular formula is C12H18N2O5. The molecule has 0 spiro atoms. The first-order valence-electron chi connectivity index (χ1n) is 5.78. The second-order valence-electron chi connectivity index (χ2n) is 5.27. The number of aromatic nitrogens is 1. The number of carbonyl (C=O) groups excluding carboxylic acids is 1. The second kappa shape index (κ2) is 5.73. The lowest BCUT2D eigenvalue weighted by molar-refractivity contribution is -0.145. The van der Waals surface area contributed by atoms with Crippen molar-refractivity contribution in [2.45, 2.75) is 33.7 Å². The number of nitrogens with zero attached hydrogens (tertiary/aromatic N) is 1. The third-order valence-corrected chi connectivity index (χ3v) is 2.38. The van der Waals surface area contributed by atoms with Gasteiger partial charge in [0.1, 0.15) is 11.8 Å². The molecule has 0 bridgehead atoms. The van der Waals surface area contributed by atoms with Crippen LogP contribution in [0.2, 0.25) is 0 Å². The van der Waals surface area contributed by atoms with E-state index in [1.165, 1.54) is 6.07 Å². The molecule has 19 heavy (non-hydrogen) atoms. The Morgan fingerprint density at radius 2 is 2.16 bits per heavy atom. The van der Waals surface area contributed by atoms with E-state index in [0.29, 0.717) is 5.76 Å². The minimum absolute atomic E-state index is 0.190. The van der Waals surface area contributed by atoms with E-state index in [4.69, 9.17) is 14.4 Å². The van der Waals surface area contributed by atoms with Gasteiger partial charge in [0.05, 0.1) is 0 Å². The number of rotatable bonds is 5. The lowest BCUT2D eigenvalue weighted by atomic mass is 9.87. The van der Waals surface area contributed by atoms with Gasteiger partial charge in [-0.3, -0.25) is 4.79 Å². The van der Waals surface area contributed by atoms with E-state index in [-0.39, 0.29) is 12.5 Å². The molecule has 2 N–H and O–H groups in total. The third kappa shape index (κ3) is 4.61. The van der Waals surface area contributed by atoms with Crippen LogP contribution in [0.3, 0.4) is 0 Å². The molecule has 0 saturated heterocycles. The van der Waals surface area contributed by atoms with Crippen LogP contribution in [0, 0.1) is 12.3 Å². The van der Waals surface area contributed by atoms with Crippen LogP contribution in [0.5, 0.6) is 5.88 Å². The van der Waals surface area contributed by atoms with Gasteiger partial charge in [0, 0.05) is 6.07 Å². The van der Waals surface area contributed by atoms with Gasteiger partial charge in [-0.1, -0.05) is 20.8 Å². The fourth-order valence-electron chi connectivity index (χ4n) is 1.40. The van der Waals surface area contributed by atoms with Gasteiger partial charge in [-0.2, -0.15) is 0 Å². The molecule has 0 radical (unpaired) electrons. The number of hydrogen-bond acceptors (Lipinski definition) is 5. The molecule has 106 valence electrons. The average Bonchev–Trinajstić information content (AvgIpc) is 2.67. The number of carbonyl (C=O) groups is 2. The molecule has 7 nitrogen and oxygen atoms in total. The maximum Gasteiger partial charge on any atom is 0.326 e. The highest BCUT2D eigenvalue weighted by Gasteiger charge is 2.32. The van der Waals surface area contributed by atoms with E-state index in [1.54, 1.807) is 27.7 Å². The van der Waals surface area contributed by atoms with E-state index in [9.17, 15) is 9.59 Å². The van der Waals surface area contributed by atoms with Gasteiger partial charge < -0.3 is 19.7 Å². The Bertz CT molecular complexity index is 461. The summed E-state index contributed by atoms with van der Waals surface area (Å²) in [6, 6.07) is 0.550. The zero-order chi connectivity index (χ0) is 14.6. The number of carboxylic acid groups (broad SMARTS) is 1. The Kier molecular flexibility index (Phi) is 4.52. The van der Waals surface area contributed by atoms with Crippen LogP contribution in [0.4, 0.5) is 0 Å². The Labute approximate surface area is 110 Å². The summed E-state index contributed by atoms with van der Waals surface area (Å²) in [5.41, 5.74) is -0.591. The van der Waals surface area contributed by atoms with Crippen molar-refractivity contribution in [2.24, 2.45) is 5.41 Å². The quantitative estimate of drug-likeness (QED) is 0.826. The number of nitrogens with one attached hydrogen (secondary N) is 1. The monoisotopic (exact) mass is 270 g/mol. The SMILES string of the molecule is Cc1cc(OCC(=O)N[C@@H](C(=O)O)C(C)(C)C)no1. The van der Waals surface area contributed by atoms with Gasteiger partial charge in [0.25, 0.3) is 11.8 Å². The number of amides is 1. The molecule has 1 heterocycles. The molecular weight excluding hydrogens is 252 g/mol. The van der Waals surface area contributed by atoms with Gasteiger partial charge in [0.2, 0.25) is 0 Å². The van der Waals surface area contributed by atoms with Crippen LogP contribution in [0.1, 0.15) is 26.5 Å². The summed E-state index contributed by atoms with van der Waals surface area (Å²) in [7, 11) is 0. The zero-order valence-electron chi connectivity index (χ0n) is 11.4. The minimum Gasteiger partial charge on any atom is -0.480 e. The van der Waals surface area contributed by atoms with Gasteiger partial charge in [0.15, 0.2) is 6.61 Å². The topological polar surface area (TPSA) is 102 Å². The number of hydrogen-bond donors (Lipinski definition) is 2. The Balaban J connectivity index is 2.52. The minimum atomic E-state index is -1.09. The smallest absolute Gasteiger partial charge is 0.326 e. The first-order valence-corrected chi connectivity index (χ1v) is 5.78. The maximum atomic E-state index is 11.6. The molecule has 7 heteroatoms. The lowest BCUT2D eigenvalue weighted by Gasteiger charge is -2.27. The molecule has 1 aromatic rings. The van der Waals surface area contributed by atoms with Crippen molar-refractivity contribution in [2.75, 3.05) is 6.61 Å². The number of aryl methyl sites for hydroxylation is 1. The lowest BCUT2D eigenvalue weighted by Crippen LogP contribution is -2.50. The number of ether oxygens (including phenoxy) is 1. The highest BCUT2D eigenvalue weighted by molar-refractivity contribution is 5.84. The van der Waals surface area contributed by atoms with Crippen LogP contribution >= 0.6 is 0 Å². The first kappa shape index (κ1) is 15.0. The average molecular weight is 270 g/mol. The van der Waals surface area contributed by atoms with Crippen molar-refractivity contribution < 1.29 is 24.0 Å². The Morgan fingerprint density at radius 3 is 2.58 bits per heavy atom. The largest absolute Gasteiger partial charge is 0.480 e. The zero-order valence-corrected chi connectivity index (χ0v) is 11.4. The first-order chi connectivity index (χ1) is 8.70. The summed E-state index contributed by atoms with van der Waals surface area (Å²) < 4.78 is 9.84. The van der Waals surface area contributed by atoms with E-state index >= 15 is 0 Å². The molecule has 1 atom stereocenters. The standard InChI is InChI=1S/C12H18N2O5/c1-7-5-9(14-19-7)18-6-8(15)13-10(11(16)17)12(2,3)4/h5,10H,6H2,1-4H3,(H,13,15)(H,16,17)/t10-/m0/s1. The van der Waals surface area contributed by atoms with Gasteiger partial charge in [-0.25, -0.2) is 4.79 Å². The molecule has 0 unspecified atom stereocenters. The van der Waals surface area contributed by atoms with Crippen molar-refractivity contribution >= 4 is 11.9 Å². The van der Waals surface area contributed by atoms with E-state index < -0.39 is 23.3 Å². The molecule has 1 amide bonds. The Hall–Kier alpha value is -2.05. The van der Waals surface area contributed by atoms with Crippen molar-refractivity contribution in [1.82, 2.24) is 10.5 Å². The molecule has 0 aliphatic carbocycles. The molecule has 1 rings (SSSR count). The van der Waals surface area contributed by atoms with Gasteiger partial charge in [-0.15, -0.1) is 0 Å². The van der Waals surface area contributed by atoms with Crippen molar-refractivity contribution in [3.05, 3.63) is 11.8 Å². The van der Waals surface area contributed by atoms with E-state index in [1.807, 2.05) is 0 Å². The van der Waals surface area contributed by atoms with Crippen LogP contribution in [0.15, 0.2) is 10.6 Å². The van der Waals surface area contributed by atoms with Gasteiger partial charge in [-0.05, 0) is 17.5 Å². The fourth-order valence-corrected chi connectivity index (χ4v) is 1.40. The van der Waals surface area contributed by atoms with Crippen molar-refractivity contribution in [3.63, 3.8) is 0 Å². The number of aliphatic carboxylic acids is 1. The maximum absolute atomic E-state index is 11.6. The normalized spacial score (nSPS) is 12.8. The second-order valence-corrected chi connectivity index (χ2v) is 5.27. The summed E-state index contributed by atoms with van der Waals surface area (Å²) in [4.78, 5) is 22.7. The predicted octanol–water partition coefficient (Wildman–Crippen LogP) is 0.977. The van der Waals surface area contributed by atoms with Crippen molar-refractivity contribution in [1.29, 1.82) is 0 Å². The van der Waals surface area contributed by atoms with E-state index in [2.05, 4.69) is 10.5 Å². The van der Waals surface area contributed by atoms with Crippen LogP contribution in [-0.4, -0.2) is 34.8 Å². The summed E-state index contributed by atoms with van der Waals surface area (Å²) in [6.07, 6.45) is 0. The highest BCUT2D eigenvalue weighted by atomic mass is 16.5. The molecule has 1 aromatic heterocycles. The Morgan fingerprint density at radius 1 is 1.53 bits per heavy atom. The third-order valence-electron chi connectivity index (χ3n) is 2.38. The van der Waals surface area contributed by atoms with Gasteiger partial charge >= 0.3 is 5.97 Å². The van der Waals surface area contributed by atoms with Crippen LogP contribution in [-0.2, 0) is 9.59 Å². The molecule has 0 aliphatic heterocycles. The van der Waals surface area contributed by atoms with E-state index in [0.717, 1.165) is 0 Å². The van der Waals surface area contributed by atoms with Crippen molar-refractivity contribution in [3.8, 4) is 5.88 Å². The fraction of sp³-hybridized carbons (Fsp3) is 0.583. The van der Waals surface area contributed by atoms with Crippen LogP contribution in [0.25, 0.3) is 0 Å². The molecule has 0 aromatic carbocycles. The highest BCUT2D eigenvalue weighted by Crippen LogP contribution is 2.19. The molecule has 0 saturated carbocycles. The number of carboxylic acids is 1. The summed E-state index contributed by atoms with van der Waals surface area (Å²) in [5.74, 6) is -0.857. The van der Waals surface area contributed by atoms with Crippen LogP contribution < -0.4 is 10.1 Å². The predicted molar refractivity (Wildman–Crippen MR) is 65.8 cm³/mol. The summed E-state index contributed by atoms with van der Waals surface area (Å²) in [5, 5.41) is 15.0. The molecule has 0 aliphatic rings. The summed E-state index contributed by atoms with van der Waals surface area (Å²) >= 11 is 0. The molecule has 0 fully saturated rings.